The molecule has 1 aromatic rings. The molecule has 1 N–H and O–H groups in total. The first kappa shape index (κ1) is 12.1. The number of hydrogen-bond donors (Lipinski definition) is 1. The van der Waals surface area contributed by atoms with E-state index in [4.69, 9.17) is 0 Å². The summed E-state index contributed by atoms with van der Waals surface area (Å²) >= 11 is 2.17. The van der Waals surface area contributed by atoms with Crippen LogP contribution in [0.5, 0.6) is 0 Å². The van der Waals surface area contributed by atoms with Gasteiger partial charge in [0.15, 0.2) is 0 Å². The zero-order valence-corrected chi connectivity index (χ0v) is 9.58. The number of nitrogens with one attached hydrogen (secondary N) is 1. The zero-order chi connectivity index (χ0) is 8.27. The lowest BCUT2D eigenvalue weighted by molar-refractivity contribution is 0.600. The molecule has 1 aromatic carbocycles. The zero-order valence-electron chi connectivity index (χ0n) is 6.60. The molecule has 0 spiro atoms. The molecule has 0 aromatic heterocycles. The predicted molar refractivity (Wildman–Crippen MR) is 59.1 cm³/mol. The summed E-state index contributed by atoms with van der Waals surface area (Å²) in [4.78, 5) is 0. The Morgan fingerprint density at radius 1 is 1.50 bits per heavy atom. The maximum absolute atomic E-state index is 12.9. The van der Waals surface area contributed by atoms with Crippen LogP contribution in [0, 0.1) is 9.39 Å². The molecule has 68 valence electrons. The van der Waals surface area contributed by atoms with Crippen molar-refractivity contribution < 1.29 is 4.39 Å². The van der Waals surface area contributed by atoms with Crippen LogP contribution in [0.2, 0.25) is 0 Å². The minimum Gasteiger partial charge on any atom is -0.316 e. The maximum Gasteiger partial charge on any atom is 0.127 e. The van der Waals surface area contributed by atoms with Gasteiger partial charge in [0.2, 0.25) is 0 Å². The summed E-state index contributed by atoms with van der Waals surface area (Å²) in [5.74, 6) is -0.139. The molecule has 0 heterocycles. The lowest BCUT2D eigenvalue weighted by atomic mass is 10.2. The average Bonchev–Trinajstić information content (AvgIpc) is 1.98. The van der Waals surface area contributed by atoms with E-state index < -0.39 is 0 Å². The Balaban J connectivity index is 0.00000121. The third kappa shape index (κ3) is 3.25. The van der Waals surface area contributed by atoms with Crippen LogP contribution in [0.15, 0.2) is 18.2 Å². The van der Waals surface area contributed by atoms with Crippen molar-refractivity contribution in [2.75, 3.05) is 7.05 Å². The van der Waals surface area contributed by atoms with Gasteiger partial charge in [0.25, 0.3) is 0 Å². The summed E-state index contributed by atoms with van der Waals surface area (Å²) in [5, 5.41) is 2.91. The molecule has 1 nitrogen and oxygen atoms in total. The van der Waals surface area contributed by atoms with Crippen molar-refractivity contribution in [3.8, 4) is 0 Å². The molecule has 1 rings (SSSR count). The quantitative estimate of drug-likeness (QED) is 0.828. The van der Waals surface area contributed by atoms with E-state index in [-0.39, 0.29) is 18.2 Å². The molecular weight excluding hydrogens is 291 g/mol. The topological polar surface area (TPSA) is 12.0 Å². The number of hydrogen-bond acceptors (Lipinski definition) is 1. The second kappa shape index (κ2) is 5.72. The van der Waals surface area contributed by atoms with Gasteiger partial charge in [-0.3, -0.25) is 0 Å². The molecule has 12 heavy (non-hydrogen) atoms. The Labute approximate surface area is 91.3 Å². The van der Waals surface area contributed by atoms with Gasteiger partial charge in [-0.15, -0.1) is 12.4 Å². The van der Waals surface area contributed by atoms with Gasteiger partial charge in [0.05, 0.1) is 0 Å². The highest BCUT2D eigenvalue weighted by Gasteiger charge is 1.99. The summed E-state index contributed by atoms with van der Waals surface area (Å²) < 4.78 is 14.0. The van der Waals surface area contributed by atoms with Gasteiger partial charge in [-0.05, 0) is 47.8 Å². The Hall–Kier alpha value is 0.130. The van der Waals surface area contributed by atoms with Gasteiger partial charge in [0.1, 0.15) is 5.82 Å². The molecule has 0 saturated heterocycles. The highest BCUT2D eigenvalue weighted by atomic mass is 127. The van der Waals surface area contributed by atoms with Crippen LogP contribution < -0.4 is 5.32 Å². The third-order valence-corrected chi connectivity index (χ3v) is 2.05. The van der Waals surface area contributed by atoms with Crippen molar-refractivity contribution >= 4 is 35.0 Å². The van der Waals surface area contributed by atoms with Crippen LogP contribution in [-0.4, -0.2) is 7.05 Å². The SMILES string of the molecule is CNCc1cc(I)ccc1F.Cl. The van der Waals surface area contributed by atoms with E-state index in [9.17, 15) is 4.39 Å². The average molecular weight is 302 g/mol. The second-order valence-corrected chi connectivity index (χ2v) is 3.51. The lowest BCUT2D eigenvalue weighted by Gasteiger charge is -2.01. The fraction of sp³-hybridized carbons (Fsp3) is 0.250. The number of rotatable bonds is 2. The lowest BCUT2D eigenvalue weighted by Crippen LogP contribution is -2.06. The summed E-state index contributed by atoms with van der Waals surface area (Å²) in [5.41, 5.74) is 0.722. The van der Waals surface area contributed by atoms with E-state index in [2.05, 4.69) is 27.9 Å². The van der Waals surface area contributed by atoms with Gasteiger partial charge >= 0.3 is 0 Å². The van der Waals surface area contributed by atoms with Gasteiger partial charge < -0.3 is 5.32 Å². The first-order valence-electron chi connectivity index (χ1n) is 3.32. The molecule has 0 unspecified atom stereocenters. The molecule has 0 radical (unpaired) electrons. The van der Waals surface area contributed by atoms with E-state index in [1.54, 1.807) is 13.1 Å². The molecule has 0 amide bonds. The molecular formula is C8H10ClFIN. The van der Waals surface area contributed by atoms with Crippen molar-refractivity contribution in [1.29, 1.82) is 0 Å². The minimum absolute atomic E-state index is 0. The molecule has 4 heteroatoms. The van der Waals surface area contributed by atoms with Crippen molar-refractivity contribution in [2.24, 2.45) is 0 Å². The maximum atomic E-state index is 12.9. The van der Waals surface area contributed by atoms with Crippen molar-refractivity contribution in [3.05, 3.63) is 33.1 Å². The standard InChI is InChI=1S/C8H9FIN.ClH/c1-11-5-6-4-7(10)2-3-8(6)9;/h2-4,11H,5H2,1H3;1H. The molecule has 0 aliphatic carbocycles. The van der Waals surface area contributed by atoms with E-state index in [1.165, 1.54) is 6.07 Å². The van der Waals surface area contributed by atoms with Crippen LogP contribution >= 0.6 is 35.0 Å². The van der Waals surface area contributed by atoms with Crippen LogP contribution in [0.1, 0.15) is 5.56 Å². The molecule has 0 aliphatic heterocycles. The third-order valence-electron chi connectivity index (χ3n) is 1.37. The van der Waals surface area contributed by atoms with E-state index in [0.717, 1.165) is 9.13 Å². The summed E-state index contributed by atoms with van der Waals surface area (Å²) in [6.45, 7) is 0.586. The monoisotopic (exact) mass is 301 g/mol. The van der Waals surface area contributed by atoms with Crippen LogP contribution in [0.3, 0.4) is 0 Å². The smallest absolute Gasteiger partial charge is 0.127 e. The van der Waals surface area contributed by atoms with Crippen LogP contribution in [0.4, 0.5) is 4.39 Å². The van der Waals surface area contributed by atoms with Crippen molar-refractivity contribution in [2.45, 2.75) is 6.54 Å². The second-order valence-electron chi connectivity index (χ2n) is 2.27. The Bertz CT molecular complexity index is 255. The summed E-state index contributed by atoms with van der Waals surface area (Å²) in [6.07, 6.45) is 0. The van der Waals surface area contributed by atoms with E-state index in [1.807, 2.05) is 6.07 Å². The number of halogens is 3. The number of benzene rings is 1. The van der Waals surface area contributed by atoms with E-state index >= 15 is 0 Å². The highest BCUT2D eigenvalue weighted by molar-refractivity contribution is 14.1. The van der Waals surface area contributed by atoms with Crippen LogP contribution in [-0.2, 0) is 6.54 Å². The Morgan fingerprint density at radius 2 is 2.17 bits per heavy atom. The fourth-order valence-corrected chi connectivity index (χ4v) is 1.42. The molecule has 0 bridgehead atoms. The molecule has 0 fully saturated rings. The molecule has 0 atom stereocenters. The Kier molecular flexibility index (Phi) is 5.78. The first-order chi connectivity index (χ1) is 5.24. The predicted octanol–water partition coefficient (Wildman–Crippen LogP) is 2.57. The van der Waals surface area contributed by atoms with Crippen molar-refractivity contribution in [1.82, 2.24) is 5.32 Å². The fourth-order valence-electron chi connectivity index (χ4n) is 0.869. The van der Waals surface area contributed by atoms with Gasteiger partial charge in [-0.25, -0.2) is 4.39 Å². The molecule has 0 aliphatic rings. The van der Waals surface area contributed by atoms with Gasteiger partial charge in [-0.2, -0.15) is 0 Å². The summed E-state index contributed by atoms with van der Waals surface area (Å²) in [7, 11) is 1.80. The normalized spacial score (nSPS) is 9.25. The van der Waals surface area contributed by atoms with Crippen molar-refractivity contribution in [3.63, 3.8) is 0 Å². The van der Waals surface area contributed by atoms with Gasteiger partial charge in [-0.1, -0.05) is 0 Å². The van der Waals surface area contributed by atoms with E-state index in [0.29, 0.717) is 6.54 Å². The van der Waals surface area contributed by atoms with Gasteiger partial charge in [0, 0.05) is 15.7 Å². The van der Waals surface area contributed by atoms with Crippen LogP contribution in [0.25, 0.3) is 0 Å². The highest BCUT2D eigenvalue weighted by Crippen LogP contribution is 2.11. The molecule has 0 saturated carbocycles. The summed E-state index contributed by atoms with van der Waals surface area (Å²) in [6, 6.07) is 5.09. The largest absolute Gasteiger partial charge is 0.316 e. The Morgan fingerprint density at radius 3 is 2.75 bits per heavy atom. The first-order valence-corrected chi connectivity index (χ1v) is 4.40. The minimum atomic E-state index is -0.139.